The van der Waals surface area contributed by atoms with Crippen LogP contribution in [0.5, 0.6) is 0 Å². The van der Waals surface area contributed by atoms with E-state index < -0.39 is 29.7 Å². The Labute approximate surface area is 213 Å². The molecule has 0 saturated carbocycles. The Morgan fingerprint density at radius 2 is 1.89 bits per heavy atom. The molecule has 36 heavy (non-hydrogen) atoms. The Bertz CT molecular complexity index is 1480. The van der Waals surface area contributed by atoms with Crippen molar-refractivity contribution in [2.24, 2.45) is 5.73 Å². The normalized spacial score (nSPS) is 12.6. The number of aromatic nitrogens is 3. The van der Waals surface area contributed by atoms with E-state index in [-0.39, 0.29) is 26.3 Å². The van der Waals surface area contributed by atoms with Crippen LogP contribution in [0.15, 0.2) is 36.4 Å². The average Bonchev–Trinajstić information content (AvgIpc) is 3.32. The van der Waals surface area contributed by atoms with E-state index in [2.05, 4.69) is 15.4 Å². The lowest BCUT2D eigenvalue weighted by molar-refractivity contribution is -0.140. The van der Waals surface area contributed by atoms with E-state index in [1.807, 2.05) is 0 Å². The molecule has 12 heteroatoms. The van der Waals surface area contributed by atoms with Crippen molar-refractivity contribution in [1.82, 2.24) is 14.8 Å². The van der Waals surface area contributed by atoms with E-state index in [0.29, 0.717) is 39.7 Å². The van der Waals surface area contributed by atoms with Crippen LogP contribution >= 0.6 is 22.9 Å². The molecule has 1 unspecified atom stereocenters. The van der Waals surface area contributed by atoms with Gasteiger partial charge in [-0.2, -0.15) is 18.3 Å². The highest BCUT2D eigenvalue weighted by Gasteiger charge is 2.35. The first-order chi connectivity index (χ1) is 16.9. The summed E-state index contributed by atoms with van der Waals surface area (Å²) in [5.41, 5.74) is 6.22. The Morgan fingerprint density at radius 3 is 2.42 bits per heavy atom. The number of nitrogens with one attached hydrogen (secondary N) is 1. The van der Waals surface area contributed by atoms with Gasteiger partial charge in [0.15, 0.2) is 0 Å². The largest absolute Gasteiger partial charge is 0.433 e. The van der Waals surface area contributed by atoms with Crippen molar-refractivity contribution in [2.45, 2.75) is 39.4 Å². The lowest BCUT2D eigenvalue weighted by Crippen LogP contribution is -2.28. The highest BCUT2D eigenvalue weighted by Crippen LogP contribution is 2.44. The Balaban J connectivity index is 1.92. The van der Waals surface area contributed by atoms with Gasteiger partial charge in [-0.3, -0.25) is 14.3 Å². The zero-order valence-electron chi connectivity index (χ0n) is 19.4. The highest BCUT2D eigenvalue weighted by atomic mass is 35.5. The van der Waals surface area contributed by atoms with Gasteiger partial charge in [0.2, 0.25) is 5.91 Å². The SMILES string of the molecule is CCC(C(=O)Nc1c(C(N)=O)sc2nc(C(F)(F)F)cc(-c3ccccc3)c12)n1nc(C)c(Cl)c1C. The molecule has 1 atom stereocenters. The third-order valence-electron chi connectivity index (χ3n) is 5.73. The molecular formula is C24H21ClF3N5O2S. The van der Waals surface area contributed by atoms with Gasteiger partial charge in [-0.05, 0) is 37.5 Å². The lowest BCUT2D eigenvalue weighted by atomic mass is 10.0. The summed E-state index contributed by atoms with van der Waals surface area (Å²) in [6.45, 7) is 5.22. The second kappa shape index (κ2) is 9.55. The molecular weight excluding hydrogens is 515 g/mol. The molecule has 0 fully saturated rings. The molecule has 3 heterocycles. The van der Waals surface area contributed by atoms with Gasteiger partial charge < -0.3 is 11.1 Å². The molecule has 0 aliphatic heterocycles. The number of halogens is 4. The van der Waals surface area contributed by atoms with Crippen molar-refractivity contribution >= 4 is 50.7 Å². The summed E-state index contributed by atoms with van der Waals surface area (Å²) in [6.07, 6.45) is -4.39. The van der Waals surface area contributed by atoms with E-state index >= 15 is 0 Å². The van der Waals surface area contributed by atoms with Gasteiger partial charge >= 0.3 is 6.18 Å². The number of nitrogens with two attached hydrogens (primary N) is 1. The fraction of sp³-hybridized carbons (Fsp3) is 0.250. The fourth-order valence-corrected chi connectivity index (χ4v) is 5.14. The second-order valence-corrected chi connectivity index (χ2v) is 9.49. The van der Waals surface area contributed by atoms with Crippen LogP contribution in [0.1, 0.15) is 46.1 Å². The summed E-state index contributed by atoms with van der Waals surface area (Å²) in [4.78, 5) is 29.3. The van der Waals surface area contributed by atoms with Crippen molar-refractivity contribution in [3.8, 4) is 11.1 Å². The number of rotatable bonds is 6. The van der Waals surface area contributed by atoms with Crippen molar-refractivity contribution in [3.05, 3.63) is 63.4 Å². The van der Waals surface area contributed by atoms with Crippen molar-refractivity contribution < 1.29 is 22.8 Å². The quantitative estimate of drug-likeness (QED) is 0.309. The summed E-state index contributed by atoms with van der Waals surface area (Å²) in [6, 6.07) is 8.45. The van der Waals surface area contributed by atoms with Crippen molar-refractivity contribution in [2.75, 3.05) is 5.32 Å². The van der Waals surface area contributed by atoms with Gasteiger partial charge in [0.05, 0.1) is 22.1 Å². The minimum absolute atomic E-state index is 0.0126. The first kappa shape index (κ1) is 25.6. The van der Waals surface area contributed by atoms with Crippen LogP contribution in [0.4, 0.5) is 18.9 Å². The van der Waals surface area contributed by atoms with Crippen LogP contribution in [0.25, 0.3) is 21.3 Å². The molecule has 4 rings (SSSR count). The number of nitrogens with zero attached hydrogens (tertiary/aromatic N) is 3. The van der Waals surface area contributed by atoms with Crippen LogP contribution in [0.2, 0.25) is 5.02 Å². The first-order valence-corrected chi connectivity index (χ1v) is 12.1. The monoisotopic (exact) mass is 535 g/mol. The van der Waals surface area contributed by atoms with Crippen molar-refractivity contribution in [3.63, 3.8) is 0 Å². The lowest BCUT2D eigenvalue weighted by Gasteiger charge is -2.18. The minimum Gasteiger partial charge on any atom is -0.365 e. The standard InChI is InChI=1S/C24H21ClF3N5O2S/c1-4-15(33-12(3)18(25)11(2)32-33)22(35)31-19-17-14(13-8-6-5-7-9-13)10-16(24(26,27)28)30-23(17)36-20(19)21(29)34/h5-10,15H,4H2,1-3H3,(H2,29,34)(H,31,35). The van der Waals surface area contributed by atoms with Crippen molar-refractivity contribution in [1.29, 1.82) is 0 Å². The third kappa shape index (κ3) is 4.56. The van der Waals surface area contributed by atoms with E-state index in [1.165, 1.54) is 4.68 Å². The average molecular weight is 536 g/mol. The van der Waals surface area contributed by atoms with Crippen LogP contribution in [0, 0.1) is 13.8 Å². The van der Waals surface area contributed by atoms with E-state index in [0.717, 1.165) is 6.07 Å². The number of benzene rings is 1. The molecule has 0 bridgehead atoms. The molecule has 0 radical (unpaired) electrons. The fourth-order valence-electron chi connectivity index (χ4n) is 4.00. The Morgan fingerprint density at radius 1 is 1.22 bits per heavy atom. The summed E-state index contributed by atoms with van der Waals surface area (Å²) in [5.74, 6) is -1.43. The van der Waals surface area contributed by atoms with E-state index in [1.54, 1.807) is 51.1 Å². The Kier molecular flexibility index (Phi) is 6.80. The number of hydrogen-bond donors (Lipinski definition) is 2. The molecule has 4 aromatic rings. The highest BCUT2D eigenvalue weighted by molar-refractivity contribution is 7.21. The number of hydrogen-bond acceptors (Lipinski definition) is 5. The van der Waals surface area contributed by atoms with Gasteiger partial charge in [-0.15, -0.1) is 11.3 Å². The topological polar surface area (TPSA) is 103 Å². The van der Waals surface area contributed by atoms with Gasteiger partial charge in [0.25, 0.3) is 5.91 Å². The summed E-state index contributed by atoms with van der Waals surface area (Å²) in [5, 5.41) is 7.71. The number of pyridine rings is 1. The zero-order valence-corrected chi connectivity index (χ0v) is 21.0. The summed E-state index contributed by atoms with van der Waals surface area (Å²) >= 11 is 6.95. The zero-order chi connectivity index (χ0) is 26.4. The maximum Gasteiger partial charge on any atom is 0.433 e. The second-order valence-electron chi connectivity index (χ2n) is 8.11. The maximum atomic E-state index is 13.7. The van der Waals surface area contributed by atoms with Crippen LogP contribution in [-0.4, -0.2) is 26.6 Å². The minimum atomic E-state index is -4.72. The van der Waals surface area contributed by atoms with E-state index in [4.69, 9.17) is 17.3 Å². The van der Waals surface area contributed by atoms with Gasteiger partial charge in [-0.25, -0.2) is 4.98 Å². The number of alkyl halides is 3. The molecule has 7 nitrogen and oxygen atoms in total. The van der Waals surface area contributed by atoms with Gasteiger partial charge in [-0.1, -0.05) is 48.9 Å². The van der Waals surface area contributed by atoms with Gasteiger partial charge in [0, 0.05) is 5.39 Å². The number of thiophene rings is 1. The maximum absolute atomic E-state index is 13.7. The van der Waals surface area contributed by atoms with E-state index in [9.17, 15) is 22.8 Å². The number of fused-ring (bicyclic) bond motifs is 1. The summed E-state index contributed by atoms with van der Waals surface area (Å²) in [7, 11) is 0. The Hall–Kier alpha value is -3.44. The molecule has 0 aliphatic carbocycles. The molecule has 3 N–H and O–H groups in total. The molecule has 1 aromatic carbocycles. The molecule has 0 aliphatic rings. The molecule has 188 valence electrons. The predicted molar refractivity (Wildman–Crippen MR) is 133 cm³/mol. The molecule has 2 amide bonds. The molecule has 3 aromatic heterocycles. The smallest absolute Gasteiger partial charge is 0.365 e. The first-order valence-electron chi connectivity index (χ1n) is 10.9. The third-order valence-corrected chi connectivity index (χ3v) is 7.38. The summed E-state index contributed by atoms with van der Waals surface area (Å²) < 4.78 is 42.5. The number of carbonyl (C=O) groups excluding carboxylic acids is 2. The number of primary amides is 1. The van der Waals surface area contributed by atoms with Crippen LogP contribution in [-0.2, 0) is 11.0 Å². The molecule has 0 spiro atoms. The van der Waals surface area contributed by atoms with Crippen LogP contribution in [0.3, 0.4) is 0 Å². The number of amides is 2. The van der Waals surface area contributed by atoms with Crippen LogP contribution < -0.4 is 11.1 Å². The number of carbonyl (C=O) groups is 2. The molecule has 0 saturated heterocycles. The number of anilines is 1. The predicted octanol–water partition coefficient (Wildman–Crippen LogP) is 6.14. The number of aryl methyl sites for hydroxylation is 1. The van der Waals surface area contributed by atoms with Gasteiger partial charge in [0.1, 0.15) is 21.4 Å².